The van der Waals surface area contributed by atoms with Crippen molar-refractivity contribution in [3.63, 3.8) is 0 Å². The Morgan fingerprint density at radius 2 is 2.00 bits per heavy atom. The fourth-order valence-electron chi connectivity index (χ4n) is 2.90. The van der Waals surface area contributed by atoms with Crippen molar-refractivity contribution in [1.82, 2.24) is 15.1 Å². The lowest BCUT2D eigenvalue weighted by molar-refractivity contribution is 0.104. The van der Waals surface area contributed by atoms with Crippen molar-refractivity contribution in [1.29, 1.82) is 0 Å². The number of aliphatic hydroxyl groups excluding tert-OH is 1. The number of aliphatic hydroxyl groups is 1. The van der Waals surface area contributed by atoms with Crippen LogP contribution in [-0.4, -0.2) is 59.8 Å². The molecule has 0 saturated carbocycles. The first-order valence-electron chi connectivity index (χ1n) is 8.14. The Balaban J connectivity index is 1.76. The van der Waals surface area contributed by atoms with E-state index < -0.39 is 6.10 Å². The number of carbonyl (C=O) groups excluding carboxylic acids is 1. The maximum Gasteiger partial charge on any atom is 0.317 e. The van der Waals surface area contributed by atoms with Crippen LogP contribution < -0.4 is 5.32 Å². The highest BCUT2D eigenvalue weighted by Gasteiger charge is 2.19. The third-order valence-corrected chi connectivity index (χ3v) is 4.22. The third kappa shape index (κ3) is 4.45. The fraction of sp³-hybridized carbons (Fsp3) is 0.588. The van der Waals surface area contributed by atoms with Gasteiger partial charge in [-0.2, -0.15) is 0 Å². The highest BCUT2D eigenvalue weighted by atomic mass is 16.3. The maximum atomic E-state index is 11.9. The molecule has 0 aromatic heterocycles. The number of rotatable bonds is 6. The Morgan fingerprint density at radius 3 is 2.68 bits per heavy atom. The van der Waals surface area contributed by atoms with Crippen LogP contribution in [0.25, 0.3) is 0 Å². The Labute approximate surface area is 132 Å². The first-order valence-corrected chi connectivity index (χ1v) is 8.14. The normalized spacial score (nSPS) is 16.0. The Kier molecular flexibility index (Phi) is 6.21. The largest absolute Gasteiger partial charge is 0.390 e. The lowest BCUT2D eigenvalue weighted by atomic mass is 10.00. The minimum atomic E-state index is -0.537. The number of benzene rings is 1. The number of urea groups is 1. The average molecular weight is 305 g/mol. The number of fused-ring (bicyclic) bond motifs is 1. The van der Waals surface area contributed by atoms with Gasteiger partial charge in [-0.1, -0.05) is 24.3 Å². The van der Waals surface area contributed by atoms with Crippen molar-refractivity contribution in [3.8, 4) is 0 Å². The number of amides is 2. The molecule has 1 aromatic carbocycles. The van der Waals surface area contributed by atoms with Crippen molar-refractivity contribution in [2.75, 3.05) is 32.7 Å². The van der Waals surface area contributed by atoms with Crippen LogP contribution in [0.4, 0.5) is 4.79 Å². The van der Waals surface area contributed by atoms with E-state index in [1.165, 1.54) is 11.1 Å². The van der Waals surface area contributed by atoms with Gasteiger partial charge in [0, 0.05) is 39.3 Å². The van der Waals surface area contributed by atoms with Crippen LogP contribution in [0.1, 0.15) is 25.0 Å². The van der Waals surface area contributed by atoms with Crippen LogP contribution in [0.15, 0.2) is 24.3 Å². The molecule has 22 heavy (non-hydrogen) atoms. The molecule has 5 nitrogen and oxygen atoms in total. The summed E-state index contributed by atoms with van der Waals surface area (Å²) in [5.74, 6) is 0. The number of hydrogen-bond donors (Lipinski definition) is 2. The van der Waals surface area contributed by atoms with Gasteiger partial charge < -0.3 is 15.3 Å². The summed E-state index contributed by atoms with van der Waals surface area (Å²) in [7, 11) is 0. The van der Waals surface area contributed by atoms with Gasteiger partial charge in [-0.05, 0) is 31.4 Å². The van der Waals surface area contributed by atoms with Crippen molar-refractivity contribution < 1.29 is 9.90 Å². The molecule has 0 aliphatic carbocycles. The second-order valence-corrected chi connectivity index (χ2v) is 5.77. The van der Waals surface area contributed by atoms with Crippen LogP contribution >= 0.6 is 0 Å². The number of nitrogens with one attached hydrogen (secondary N) is 1. The molecule has 1 unspecified atom stereocenters. The SMILES string of the molecule is CCN(CC)C(=O)NCC(O)CN1CCc2ccccc2C1. The summed E-state index contributed by atoms with van der Waals surface area (Å²) in [6.45, 7) is 7.98. The lowest BCUT2D eigenvalue weighted by Crippen LogP contribution is -2.46. The first kappa shape index (κ1) is 16.8. The van der Waals surface area contributed by atoms with Crippen LogP contribution in [0.3, 0.4) is 0 Å². The molecule has 5 heteroatoms. The molecule has 122 valence electrons. The zero-order valence-electron chi connectivity index (χ0n) is 13.6. The van der Waals surface area contributed by atoms with Crippen LogP contribution in [0.5, 0.6) is 0 Å². The minimum absolute atomic E-state index is 0.104. The smallest absolute Gasteiger partial charge is 0.317 e. The van der Waals surface area contributed by atoms with Crippen LogP contribution in [0.2, 0.25) is 0 Å². The first-order chi connectivity index (χ1) is 10.6. The summed E-state index contributed by atoms with van der Waals surface area (Å²) in [6.07, 6.45) is 0.485. The molecule has 1 aliphatic heterocycles. The predicted octanol–water partition coefficient (Wildman–Crippen LogP) is 1.46. The van der Waals surface area contributed by atoms with E-state index in [1.807, 2.05) is 13.8 Å². The lowest BCUT2D eigenvalue weighted by Gasteiger charge is -2.30. The van der Waals surface area contributed by atoms with E-state index in [9.17, 15) is 9.90 Å². The Bertz CT molecular complexity index is 489. The van der Waals surface area contributed by atoms with Gasteiger partial charge in [0.05, 0.1) is 6.10 Å². The molecule has 0 fully saturated rings. The van der Waals surface area contributed by atoms with Gasteiger partial charge in [-0.25, -0.2) is 4.79 Å². The molecule has 0 bridgehead atoms. The van der Waals surface area contributed by atoms with Gasteiger partial charge in [0.15, 0.2) is 0 Å². The van der Waals surface area contributed by atoms with E-state index in [4.69, 9.17) is 0 Å². The molecule has 2 N–H and O–H groups in total. The summed E-state index contributed by atoms with van der Waals surface area (Å²) in [5.41, 5.74) is 2.75. The molecule has 0 radical (unpaired) electrons. The van der Waals surface area contributed by atoms with Crippen molar-refractivity contribution in [3.05, 3.63) is 35.4 Å². The quantitative estimate of drug-likeness (QED) is 0.836. The van der Waals surface area contributed by atoms with Gasteiger partial charge in [0.1, 0.15) is 0 Å². The summed E-state index contributed by atoms with van der Waals surface area (Å²) in [4.78, 5) is 15.8. The van der Waals surface area contributed by atoms with Gasteiger partial charge >= 0.3 is 6.03 Å². The zero-order chi connectivity index (χ0) is 15.9. The van der Waals surface area contributed by atoms with Crippen molar-refractivity contribution in [2.45, 2.75) is 32.9 Å². The third-order valence-electron chi connectivity index (χ3n) is 4.22. The molecule has 1 aromatic rings. The highest BCUT2D eigenvalue weighted by molar-refractivity contribution is 5.74. The number of carbonyl (C=O) groups is 1. The van der Waals surface area contributed by atoms with Crippen molar-refractivity contribution >= 4 is 6.03 Å². The molecule has 0 saturated heterocycles. The maximum absolute atomic E-state index is 11.9. The second-order valence-electron chi connectivity index (χ2n) is 5.77. The highest BCUT2D eigenvalue weighted by Crippen LogP contribution is 2.18. The topological polar surface area (TPSA) is 55.8 Å². The number of nitrogens with zero attached hydrogens (tertiary/aromatic N) is 2. The van der Waals surface area contributed by atoms with E-state index in [2.05, 4.69) is 34.5 Å². The molecule has 0 spiro atoms. The van der Waals surface area contributed by atoms with E-state index in [1.54, 1.807) is 4.90 Å². The molecule has 1 atom stereocenters. The Morgan fingerprint density at radius 1 is 1.32 bits per heavy atom. The minimum Gasteiger partial charge on any atom is -0.390 e. The van der Waals surface area contributed by atoms with E-state index >= 15 is 0 Å². The van der Waals surface area contributed by atoms with Gasteiger partial charge in [-0.15, -0.1) is 0 Å². The average Bonchev–Trinajstić information content (AvgIpc) is 2.54. The summed E-state index contributed by atoms with van der Waals surface area (Å²) in [6, 6.07) is 8.35. The van der Waals surface area contributed by atoms with E-state index in [-0.39, 0.29) is 6.03 Å². The molecular weight excluding hydrogens is 278 g/mol. The van der Waals surface area contributed by atoms with Crippen LogP contribution in [-0.2, 0) is 13.0 Å². The summed E-state index contributed by atoms with van der Waals surface area (Å²) < 4.78 is 0. The molecule has 1 aliphatic rings. The predicted molar refractivity (Wildman–Crippen MR) is 87.7 cm³/mol. The molecule has 2 rings (SSSR count). The number of β-amino-alcohol motifs (C(OH)–C–C–N with tert-alkyl or cyclic N) is 1. The van der Waals surface area contributed by atoms with Gasteiger partial charge in [0.2, 0.25) is 0 Å². The monoisotopic (exact) mass is 305 g/mol. The molecule has 2 amide bonds. The molecular formula is C17H27N3O2. The van der Waals surface area contributed by atoms with Gasteiger partial charge in [-0.3, -0.25) is 4.90 Å². The van der Waals surface area contributed by atoms with E-state index in [0.717, 1.165) is 19.5 Å². The number of hydrogen-bond acceptors (Lipinski definition) is 3. The van der Waals surface area contributed by atoms with Crippen molar-refractivity contribution in [2.24, 2.45) is 0 Å². The Hall–Kier alpha value is -1.59. The summed E-state index contributed by atoms with van der Waals surface area (Å²) in [5, 5.41) is 13.0. The van der Waals surface area contributed by atoms with E-state index in [0.29, 0.717) is 26.2 Å². The fourth-order valence-corrected chi connectivity index (χ4v) is 2.90. The molecule has 1 heterocycles. The van der Waals surface area contributed by atoms with Crippen LogP contribution in [0, 0.1) is 0 Å². The standard InChI is InChI=1S/C17H27N3O2/c1-3-20(4-2)17(22)18-11-16(21)13-19-10-9-14-7-5-6-8-15(14)12-19/h5-8,16,21H,3-4,9-13H2,1-2H3,(H,18,22). The summed E-state index contributed by atoms with van der Waals surface area (Å²) >= 11 is 0. The second kappa shape index (κ2) is 8.15. The zero-order valence-corrected chi connectivity index (χ0v) is 13.6. The van der Waals surface area contributed by atoms with Gasteiger partial charge in [0.25, 0.3) is 0 Å².